The summed E-state index contributed by atoms with van der Waals surface area (Å²) < 4.78 is 15.5. The van der Waals surface area contributed by atoms with Crippen molar-refractivity contribution in [2.75, 3.05) is 13.1 Å². The van der Waals surface area contributed by atoms with Gasteiger partial charge in [0.05, 0.1) is 18.3 Å². The predicted octanol–water partition coefficient (Wildman–Crippen LogP) is 4.25. The first-order valence-electron chi connectivity index (χ1n) is 10.5. The lowest BCUT2D eigenvalue weighted by atomic mass is 10.1. The minimum Gasteiger partial charge on any atom is -0.350 e. The van der Waals surface area contributed by atoms with Crippen molar-refractivity contribution >= 4 is 29.0 Å². The van der Waals surface area contributed by atoms with Gasteiger partial charge >= 0.3 is 0 Å². The molecule has 9 heteroatoms. The van der Waals surface area contributed by atoms with Gasteiger partial charge in [0.1, 0.15) is 5.82 Å². The number of likely N-dealkylation sites (tertiary alicyclic amines) is 1. The van der Waals surface area contributed by atoms with Crippen LogP contribution in [0.4, 0.5) is 4.39 Å². The Hall–Kier alpha value is -2.23. The zero-order valence-electron chi connectivity index (χ0n) is 17.5. The van der Waals surface area contributed by atoms with E-state index in [4.69, 9.17) is 0 Å². The zero-order valence-corrected chi connectivity index (χ0v) is 19.1. The summed E-state index contributed by atoms with van der Waals surface area (Å²) in [6.07, 6.45) is 3.64. The molecule has 0 aliphatic carbocycles. The van der Waals surface area contributed by atoms with Crippen molar-refractivity contribution in [3.05, 3.63) is 58.3 Å². The van der Waals surface area contributed by atoms with Gasteiger partial charge in [-0.05, 0) is 68.6 Å². The number of halogens is 1. The molecule has 2 aromatic heterocycles. The van der Waals surface area contributed by atoms with Gasteiger partial charge in [0.15, 0.2) is 11.0 Å². The molecule has 31 heavy (non-hydrogen) atoms. The van der Waals surface area contributed by atoms with Crippen molar-refractivity contribution in [1.29, 1.82) is 0 Å². The van der Waals surface area contributed by atoms with Crippen molar-refractivity contribution < 1.29 is 9.18 Å². The molecular formula is C22H26FN5OS2. The Labute approximate surface area is 189 Å². The largest absolute Gasteiger partial charge is 0.350 e. The van der Waals surface area contributed by atoms with E-state index in [-0.39, 0.29) is 17.0 Å². The van der Waals surface area contributed by atoms with Gasteiger partial charge in [0.25, 0.3) is 0 Å². The minimum atomic E-state index is -0.341. The van der Waals surface area contributed by atoms with Crippen LogP contribution in [0.25, 0.3) is 5.69 Å². The number of thiophene rings is 1. The number of hydrogen-bond donors (Lipinski definition) is 1. The number of carbonyl (C=O) groups excluding carboxylic acids is 1. The number of thioether (sulfide) groups is 1. The average Bonchev–Trinajstić information content (AvgIpc) is 3.44. The van der Waals surface area contributed by atoms with Gasteiger partial charge in [0.2, 0.25) is 5.91 Å². The van der Waals surface area contributed by atoms with Crippen LogP contribution in [-0.4, -0.2) is 43.9 Å². The molecule has 1 fully saturated rings. The van der Waals surface area contributed by atoms with E-state index in [1.807, 2.05) is 29.0 Å². The van der Waals surface area contributed by atoms with Crippen molar-refractivity contribution in [1.82, 2.24) is 25.0 Å². The minimum absolute atomic E-state index is 0.0513. The highest BCUT2D eigenvalue weighted by Gasteiger charge is 2.23. The second kappa shape index (κ2) is 10.4. The van der Waals surface area contributed by atoms with Gasteiger partial charge in [-0.3, -0.25) is 14.3 Å². The third-order valence-electron chi connectivity index (χ3n) is 5.27. The van der Waals surface area contributed by atoms with Crippen molar-refractivity contribution in [2.24, 2.45) is 0 Å². The fraction of sp³-hybridized carbons (Fsp3) is 0.409. The monoisotopic (exact) mass is 459 g/mol. The first-order valence-corrected chi connectivity index (χ1v) is 12.3. The van der Waals surface area contributed by atoms with E-state index in [1.165, 1.54) is 43.2 Å². The molecule has 0 spiro atoms. The van der Waals surface area contributed by atoms with Crippen LogP contribution < -0.4 is 5.32 Å². The van der Waals surface area contributed by atoms with Crippen LogP contribution >= 0.6 is 23.1 Å². The van der Waals surface area contributed by atoms with Gasteiger partial charge < -0.3 is 5.32 Å². The molecule has 1 unspecified atom stereocenters. The second-order valence-corrected chi connectivity index (χ2v) is 9.94. The summed E-state index contributed by atoms with van der Waals surface area (Å²) in [5.41, 5.74) is 0.798. The van der Waals surface area contributed by atoms with Crippen LogP contribution in [0.3, 0.4) is 0 Å². The van der Waals surface area contributed by atoms with Crippen molar-refractivity contribution in [2.45, 2.75) is 49.7 Å². The van der Waals surface area contributed by atoms with Crippen LogP contribution in [-0.2, 0) is 17.9 Å². The number of aromatic nitrogens is 3. The molecule has 164 valence electrons. The van der Waals surface area contributed by atoms with Gasteiger partial charge in [-0.1, -0.05) is 24.2 Å². The Morgan fingerprint density at radius 2 is 1.97 bits per heavy atom. The highest BCUT2D eigenvalue weighted by atomic mass is 32.2. The molecule has 1 saturated heterocycles. The average molecular weight is 460 g/mol. The SMILES string of the molecule is CC(Sc1nnc(CN2CCCCC2)n1-c1ccc(F)cc1)C(=O)NCc1cccs1. The summed E-state index contributed by atoms with van der Waals surface area (Å²) in [4.78, 5) is 16.1. The smallest absolute Gasteiger partial charge is 0.233 e. The maximum absolute atomic E-state index is 13.5. The summed E-state index contributed by atoms with van der Waals surface area (Å²) in [5, 5.41) is 14.1. The number of benzene rings is 1. The number of nitrogens with one attached hydrogen (secondary N) is 1. The van der Waals surface area contributed by atoms with E-state index < -0.39 is 0 Å². The number of nitrogens with zero attached hydrogens (tertiary/aromatic N) is 4. The van der Waals surface area contributed by atoms with E-state index in [1.54, 1.807) is 23.5 Å². The molecule has 1 N–H and O–H groups in total. The third kappa shape index (κ3) is 5.72. The summed E-state index contributed by atoms with van der Waals surface area (Å²) in [6.45, 7) is 5.15. The van der Waals surface area contributed by atoms with Crippen molar-refractivity contribution in [3.8, 4) is 5.69 Å². The highest BCUT2D eigenvalue weighted by molar-refractivity contribution is 8.00. The lowest BCUT2D eigenvalue weighted by molar-refractivity contribution is -0.120. The third-order valence-corrected chi connectivity index (χ3v) is 7.19. The number of amides is 1. The van der Waals surface area contributed by atoms with E-state index in [0.717, 1.165) is 29.5 Å². The maximum atomic E-state index is 13.5. The first kappa shape index (κ1) is 22.0. The fourth-order valence-corrected chi connectivity index (χ4v) is 5.14. The lowest BCUT2D eigenvalue weighted by Crippen LogP contribution is -2.31. The van der Waals surface area contributed by atoms with Gasteiger partial charge in [-0.15, -0.1) is 21.5 Å². The molecule has 0 bridgehead atoms. The highest BCUT2D eigenvalue weighted by Crippen LogP contribution is 2.27. The summed E-state index contributed by atoms with van der Waals surface area (Å²) in [5.74, 6) is 0.469. The molecular weight excluding hydrogens is 433 g/mol. The van der Waals surface area contributed by atoms with Crippen LogP contribution in [0.5, 0.6) is 0 Å². The second-order valence-electron chi connectivity index (χ2n) is 7.60. The van der Waals surface area contributed by atoms with Crippen LogP contribution in [0.2, 0.25) is 0 Å². The van der Waals surface area contributed by atoms with E-state index in [0.29, 0.717) is 18.2 Å². The Bertz CT molecular complexity index is 984. The summed E-state index contributed by atoms with van der Waals surface area (Å²) >= 11 is 2.98. The number of hydrogen-bond acceptors (Lipinski definition) is 6. The van der Waals surface area contributed by atoms with Crippen molar-refractivity contribution in [3.63, 3.8) is 0 Å². The van der Waals surface area contributed by atoms with Crippen LogP contribution in [0.1, 0.15) is 36.9 Å². The quantitative estimate of drug-likeness (QED) is 0.510. The topological polar surface area (TPSA) is 63.1 Å². The van der Waals surface area contributed by atoms with Gasteiger partial charge in [-0.2, -0.15) is 0 Å². The Morgan fingerprint density at radius 1 is 1.19 bits per heavy atom. The summed E-state index contributed by atoms with van der Waals surface area (Å²) in [7, 11) is 0. The van der Waals surface area contributed by atoms with E-state index in [2.05, 4.69) is 20.4 Å². The van der Waals surface area contributed by atoms with E-state index in [9.17, 15) is 9.18 Å². The van der Waals surface area contributed by atoms with Crippen LogP contribution in [0, 0.1) is 5.82 Å². The maximum Gasteiger partial charge on any atom is 0.233 e. The number of carbonyl (C=O) groups is 1. The Morgan fingerprint density at radius 3 is 2.68 bits per heavy atom. The summed E-state index contributed by atoms with van der Waals surface area (Å²) in [6, 6.07) is 10.3. The Kier molecular flexibility index (Phi) is 7.37. The normalized spacial score (nSPS) is 15.7. The molecule has 3 heterocycles. The number of rotatable bonds is 8. The standard InChI is InChI=1S/C22H26FN5OS2/c1-16(21(29)24-14-19-6-5-13-30-19)31-22-26-25-20(15-27-11-3-2-4-12-27)28(22)18-9-7-17(23)8-10-18/h5-10,13,16H,2-4,11-12,14-15H2,1H3,(H,24,29). The fourth-order valence-electron chi connectivity index (χ4n) is 3.59. The zero-order chi connectivity index (χ0) is 21.6. The molecule has 0 radical (unpaired) electrons. The molecule has 1 aliphatic heterocycles. The molecule has 1 aromatic carbocycles. The number of piperidine rings is 1. The van der Waals surface area contributed by atoms with Gasteiger partial charge in [0, 0.05) is 10.6 Å². The lowest BCUT2D eigenvalue weighted by Gasteiger charge is -2.26. The van der Waals surface area contributed by atoms with E-state index >= 15 is 0 Å². The van der Waals surface area contributed by atoms with Gasteiger partial charge in [-0.25, -0.2) is 4.39 Å². The molecule has 0 saturated carbocycles. The molecule has 1 amide bonds. The molecule has 1 aliphatic rings. The molecule has 3 aromatic rings. The molecule has 1 atom stereocenters. The first-order chi connectivity index (χ1) is 15.1. The van der Waals surface area contributed by atoms with Crippen LogP contribution in [0.15, 0.2) is 46.9 Å². The molecule has 4 rings (SSSR count). The predicted molar refractivity (Wildman–Crippen MR) is 122 cm³/mol. The Balaban J connectivity index is 1.51. The molecule has 6 nitrogen and oxygen atoms in total.